The summed E-state index contributed by atoms with van der Waals surface area (Å²) in [4.78, 5) is 23.6. The third kappa shape index (κ3) is 5.07. The molecule has 2 amide bonds. The van der Waals surface area contributed by atoms with Crippen LogP contribution in [0.4, 0.5) is 36.4 Å². The third-order valence-electron chi connectivity index (χ3n) is 3.91. The molecule has 0 aliphatic heterocycles. The molecule has 0 spiro atoms. The lowest BCUT2D eigenvalue weighted by Gasteiger charge is -2.13. The molecule has 2 rings (SSSR count). The number of alkyl halides is 6. The number of carbonyl (C=O) groups excluding carboxylic acids is 2. The number of hydrogen-bond donors (Lipinski definition) is 2. The Balaban J connectivity index is 2.39. The number of rotatable bonds is 5. The van der Waals surface area contributed by atoms with Crippen molar-refractivity contribution in [3.05, 3.63) is 46.5 Å². The van der Waals surface area contributed by atoms with Gasteiger partial charge in [-0.2, -0.15) is 31.4 Å². The predicted octanol–water partition coefficient (Wildman–Crippen LogP) is 3.88. The number of nitrogens with zero attached hydrogens (tertiary/aromatic N) is 2. The van der Waals surface area contributed by atoms with Gasteiger partial charge in [0.2, 0.25) is 5.91 Å². The molecule has 1 aromatic carbocycles. The summed E-state index contributed by atoms with van der Waals surface area (Å²) in [6.07, 6.45) is -10.8. The van der Waals surface area contributed by atoms with Gasteiger partial charge in [0.05, 0.1) is 0 Å². The van der Waals surface area contributed by atoms with Crippen molar-refractivity contribution in [3.8, 4) is 0 Å². The van der Waals surface area contributed by atoms with Crippen LogP contribution < -0.4 is 10.6 Å². The highest BCUT2D eigenvalue weighted by atomic mass is 19.4. The minimum atomic E-state index is -5.51. The second-order valence-electron chi connectivity index (χ2n) is 6.08. The van der Waals surface area contributed by atoms with E-state index in [-0.39, 0.29) is 28.9 Å². The molecule has 0 saturated carbocycles. The van der Waals surface area contributed by atoms with E-state index < -0.39 is 46.9 Å². The Labute approximate surface area is 165 Å². The molecule has 13 heteroatoms. The zero-order valence-corrected chi connectivity index (χ0v) is 15.5. The quantitative estimate of drug-likeness (QED) is 0.694. The highest BCUT2D eigenvalue weighted by molar-refractivity contribution is 6.04. The monoisotopic (exact) mass is 440 g/mol. The predicted molar refractivity (Wildman–Crippen MR) is 89.7 cm³/mol. The number of anilines is 1. The van der Waals surface area contributed by atoms with Crippen LogP contribution in [0, 0.1) is 5.82 Å². The number of carbonyl (C=O) groups is 2. The topological polar surface area (TPSA) is 76.0 Å². The van der Waals surface area contributed by atoms with Crippen LogP contribution in [0.3, 0.4) is 0 Å². The highest BCUT2D eigenvalue weighted by Gasteiger charge is 2.50. The van der Waals surface area contributed by atoms with Gasteiger partial charge in [-0.05, 0) is 18.2 Å². The smallest absolute Gasteiger partial charge is 0.352 e. The summed E-state index contributed by atoms with van der Waals surface area (Å²) in [5.74, 6) is -2.68. The van der Waals surface area contributed by atoms with Gasteiger partial charge in [0.15, 0.2) is 5.69 Å². The number of halogens is 7. The highest BCUT2D eigenvalue weighted by Crippen LogP contribution is 2.41. The van der Waals surface area contributed by atoms with Crippen LogP contribution in [0.2, 0.25) is 0 Å². The van der Waals surface area contributed by atoms with Crippen molar-refractivity contribution < 1.29 is 40.3 Å². The van der Waals surface area contributed by atoms with Crippen molar-refractivity contribution in [2.75, 3.05) is 5.32 Å². The standard InChI is InChI=1S/C17H15F7N4O2/c1-3-11(29)25-7-8-6-9(4-5-10(8)18)26-15(30)13-12(16(19,20)21)14(17(22,23)24)27-28(13)2/h4-6H,3,7H2,1-2H3,(H,25,29)(H,26,30). The first-order valence-corrected chi connectivity index (χ1v) is 8.33. The molecule has 2 N–H and O–H groups in total. The van der Waals surface area contributed by atoms with Crippen molar-refractivity contribution in [2.24, 2.45) is 7.05 Å². The summed E-state index contributed by atoms with van der Waals surface area (Å²) in [7, 11) is 0.760. The molecule has 0 atom stereocenters. The van der Waals surface area contributed by atoms with Crippen LogP contribution >= 0.6 is 0 Å². The number of benzene rings is 1. The Morgan fingerprint density at radius 2 is 1.73 bits per heavy atom. The molecule has 0 saturated heterocycles. The molecule has 0 bridgehead atoms. The van der Waals surface area contributed by atoms with Gasteiger partial charge in [-0.3, -0.25) is 14.3 Å². The van der Waals surface area contributed by atoms with Crippen LogP contribution in [0.25, 0.3) is 0 Å². The van der Waals surface area contributed by atoms with Crippen molar-refractivity contribution in [2.45, 2.75) is 32.2 Å². The molecule has 2 aromatic rings. The van der Waals surface area contributed by atoms with Gasteiger partial charge in [0.1, 0.15) is 17.1 Å². The van der Waals surface area contributed by atoms with E-state index in [0.717, 1.165) is 25.2 Å². The van der Waals surface area contributed by atoms with Crippen molar-refractivity contribution in [1.29, 1.82) is 0 Å². The van der Waals surface area contributed by atoms with Gasteiger partial charge < -0.3 is 10.6 Å². The van der Waals surface area contributed by atoms with Gasteiger partial charge in [-0.25, -0.2) is 4.39 Å². The second-order valence-corrected chi connectivity index (χ2v) is 6.08. The van der Waals surface area contributed by atoms with E-state index in [0.29, 0.717) is 0 Å². The SMILES string of the molecule is CCC(=O)NCc1cc(NC(=O)c2c(C(F)(F)F)c(C(F)(F)F)nn2C)ccc1F. The first-order valence-electron chi connectivity index (χ1n) is 8.33. The fourth-order valence-corrected chi connectivity index (χ4v) is 2.55. The summed E-state index contributed by atoms with van der Waals surface area (Å²) in [5.41, 5.74) is -6.12. The molecule has 164 valence electrons. The molecule has 1 aromatic heterocycles. The molecule has 6 nitrogen and oxygen atoms in total. The maximum Gasteiger partial charge on any atom is 0.435 e. The Kier molecular flexibility index (Phi) is 6.42. The van der Waals surface area contributed by atoms with E-state index in [4.69, 9.17) is 0 Å². The van der Waals surface area contributed by atoms with Gasteiger partial charge in [-0.1, -0.05) is 6.92 Å². The minimum Gasteiger partial charge on any atom is -0.352 e. The Bertz CT molecular complexity index is 964. The average molecular weight is 440 g/mol. The van der Waals surface area contributed by atoms with Crippen LogP contribution in [0.5, 0.6) is 0 Å². The fraction of sp³-hybridized carbons (Fsp3) is 0.353. The first-order chi connectivity index (χ1) is 13.8. The van der Waals surface area contributed by atoms with E-state index >= 15 is 0 Å². The van der Waals surface area contributed by atoms with Crippen LogP contribution in [0.1, 0.15) is 40.7 Å². The Morgan fingerprint density at radius 3 is 2.27 bits per heavy atom. The number of aromatic nitrogens is 2. The van der Waals surface area contributed by atoms with E-state index in [1.807, 2.05) is 5.32 Å². The number of amides is 2. The summed E-state index contributed by atoms with van der Waals surface area (Å²) in [6, 6.07) is 2.93. The molecular weight excluding hydrogens is 425 g/mol. The molecule has 0 unspecified atom stereocenters. The second kappa shape index (κ2) is 8.32. The maximum absolute atomic E-state index is 13.9. The molecule has 0 aliphatic rings. The summed E-state index contributed by atoms with van der Waals surface area (Å²) >= 11 is 0. The molecule has 0 aliphatic carbocycles. The Hall–Kier alpha value is -3.12. The molecule has 0 radical (unpaired) electrons. The first kappa shape index (κ1) is 23.2. The number of nitrogens with one attached hydrogen (secondary N) is 2. The molecular formula is C17H15F7N4O2. The van der Waals surface area contributed by atoms with Crippen molar-refractivity contribution >= 4 is 17.5 Å². The van der Waals surface area contributed by atoms with Crippen molar-refractivity contribution in [1.82, 2.24) is 15.1 Å². The zero-order chi connectivity index (χ0) is 22.9. The van der Waals surface area contributed by atoms with Gasteiger partial charge in [0, 0.05) is 31.3 Å². The number of hydrogen-bond acceptors (Lipinski definition) is 3. The van der Waals surface area contributed by atoms with Crippen LogP contribution in [0.15, 0.2) is 18.2 Å². The molecule has 0 fully saturated rings. The average Bonchev–Trinajstić information content (AvgIpc) is 3.00. The number of aryl methyl sites for hydroxylation is 1. The van der Waals surface area contributed by atoms with Gasteiger partial charge in [0.25, 0.3) is 5.91 Å². The summed E-state index contributed by atoms with van der Waals surface area (Å²) in [5, 5.41) is 7.18. The lowest BCUT2D eigenvalue weighted by molar-refractivity contribution is -0.164. The van der Waals surface area contributed by atoms with Gasteiger partial charge >= 0.3 is 12.4 Å². The van der Waals surface area contributed by atoms with Crippen LogP contribution in [-0.2, 0) is 30.7 Å². The van der Waals surface area contributed by atoms with E-state index in [1.165, 1.54) is 0 Å². The van der Waals surface area contributed by atoms with Crippen molar-refractivity contribution in [3.63, 3.8) is 0 Å². The summed E-state index contributed by atoms with van der Waals surface area (Å²) < 4.78 is 92.7. The normalized spacial score (nSPS) is 12.0. The fourth-order valence-electron chi connectivity index (χ4n) is 2.55. The largest absolute Gasteiger partial charge is 0.435 e. The van der Waals surface area contributed by atoms with Crippen LogP contribution in [-0.4, -0.2) is 21.6 Å². The zero-order valence-electron chi connectivity index (χ0n) is 15.5. The Morgan fingerprint density at radius 1 is 1.10 bits per heavy atom. The molecule has 1 heterocycles. The lowest BCUT2D eigenvalue weighted by Crippen LogP contribution is -2.23. The van der Waals surface area contributed by atoms with E-state index in [2.05, 4.69) is 10.4 Å². The minimum absolute atomic E-state index is 0.0911. The molecule has 30 heavy (non-hydrogen) atoms. The van der Waals surface area contributed by atoms with Gasteiger partial charge in [-0.15, -0.1) is 0 Å². The maximum atomic E-state index is 13.9. The third-order valence-corrected chi connectivity index (χ3v) is 3.91. The lowest BCUT2D eigenvalue weighted by atomic mass is 10.1. The summed E-state index contributed by atoms with van der Waals surface area (Å²) in [6.45, 7) is 1.30. The van der Waals surface area contributed by atoms with E-state index in [9.17, 15) is 40.3 Å². The van der Waals surface area contributed by atoms with E-state index in [1.54, 1.807) is 6.92 Å².